The molecule has 1 N–H and O–H groups in total. The summed E-state index contributed by atoms with van der Waals surface area (Å²) in [6.45, 7) is 16.7. The number of carbonyl (C=O) groups is 3. The molecule has 3 unspecified atom stereocenters. The van der Waals surface area contributed by atoms with Crippen LogP contribution in [0, 0.1) is 11.8 Å². The lowest BCUT2D eigenvalue weighted by molar-refractivity contribution is -0.148. The summed E-state index contributed by atoms with van der Waals surface area (Å²) < 4.78 is 5.00. The molecule has 0 saturated heterocycles. The first-order chi connectivity index (χ1) is 15.1. The van der Waals surface area contributed by atoms with Crippen LogP contribution in [0.5, 0.6) is 0 Å². The van der Waals surface area contributed by atoms with Crippen LogP contribution >= 0.6 is 0 Å². The SMILES string of the molecule is CCC(=O)C(C)CC.CCC(C)c1ccc(C(=O)O)cc1.CCCCOC(=O)C(C)CC. The summed E-state index contributed by atoms with van der Waals surface area (Å²) >= 11 is 0. The van der Waals surface area contributed by atoms with Gasteiger partial charge in [-0.3, -0.25) is 9.59 Å². The first kappa shape index (κ1) is 32.0. The number of carbonyl (C=O) groups excluding carboxylic acids is 2. The average molecular weight is 451 g/mol. The average Bonchev–Trinajstić information content (AvgIpc) is 2.82. The van der Waals surface area contributed by atoms with Crippen LogP contribution in [-0.2, 0) is 14.3 Å². The quantitative estimate of drug-likeness (QED) is 0.283. The number of carboxylic acids is 1. The number of hydrogen-bond donors (Lipinski definition) is 1. The Morgan fingerprint density at radius 3 is 1.72 bits per heavy atom. The van der Waals surface area contributed by atoms with Crippen LogP contribution in [0.3, 0.4) is 0 Å². The fourth-order valence-corrected chi connectivity index (χ4v) is 2.39. The van der Waals surface area contributed by atoms with Crippen molar-refractivity contribution in [1.82, 2.24) is 0 Å². The molecule has 0 bridgehead atoms. The Labute approximate surface area is 195 Å². The molecule has 184 valence electrons. The third kappa shape index (κ3) is 14.8. The monoisotopic (exact) mass is 450 g/mol. The third-order valence-corrected chi connectivity index (χ3v) is 5.61. The van der Waals surface area contributed by atoms with E-state index in [0.717, 1.165) is 32.1 Å². The van der Waals surface area contributed by atoms with E-state index >= 15 is 0 Å². The number of esters is 1. The standard InChI is InChI=1S/C11H14O2.C9H18O2.C7H14O/c1-3-8(2)9-4-6-10(7-5-9)11(12)13;1-4-6-7-11-9(10)8(3)5-2;1-4-6(3)7(8)5-2/h4-8H,3H2,1-2H3,(H,12,13);8H,4-7H2,1-3H3;6H,4-5H2,1-3H3. The van der Waals surface area contributed by atoms with Crippen LogP contribution in [0.2, 0.25) is 0 Å². The predicted molar refractivity (Wildman–Crippen MR) is 132 cm³/mol. The fraction of sp³-hybridized carbons (Fsp3) is 0.667. The van der Waals surface area contributed by atoms with Gasteiger partial charge >= 0.3 is 11.9 Å². The highest BCUT2D eigenvalue weighted by Crippen LogP contribution is 2.18. The summed E-state index contributed by atoms with van der Waals surface area (Å²) in [4.78, 5) is 32.3. The van der Waals surface area contributed by atoms with E-state index in [0.29, 0.717) is 30.3 Å². The molecule has 0 fully saturated rings. The van der Waals surface area contributed by atoms with Crippen LogP contribution in [0.1, 0.15) is 116 Å². The summed E-state index contributed by atoms with van der Waals surface area (Å²) in [5.41, 5.74) is 1.56. The van der Waals surface area contributed by atoms with Gasteiger partial charge in [-0.2, -0.15) is 0 Å². The van der Waals surface area contributed by atoms with E-state index in [1.807, 2.05) is 46.8 Å². The Morgan fingerprint density at radius 1 is 0.844 bits per heavy atom. The molecule has 0 aliphatic heterocycles. The lowest BCUT2D eigenvalue weighted by atomic mass is 9.98. The van der Waals surface area contributed by atoms with Crippen LogP contribution in [0.4, 0.5) is 0 Å². The molecular weight excluding hydrogens is 404 g/mol. The maximum absolute atomic E-state index is 11.0. The summed E-state index contributed by atoms with van der Waals surface area (Å²) in [6.07, 6.45) is 5.66. The second-order valence-electron chi connectivity index (χ2n) is 8.20. The van der Waals surface area contributed by atoms with Crippen molar-refractivity contribution >= 4 is 17.7 Å². The summed E-state index contributed by atoms with van der Waals surface area (Å²) in [5, 5.41) is 8.67. The van der Waals surface area contributed by atoms with Crippen LogP contribution in [0.15, 0.2) is 24.3 Å². The molecule has 5 heteroatoms. The number of ether oxygens (including phenoxy) is 1. The van der Waals surface area contributed by atoms with Gasteiger partial charge in [0.05, 0.1) is 18.1 Å². The minimum atomic E-state index is -0.865. The van der Waals surface area contributed by atoms with Gasteiger partial charge in [0.1, 0.15) is 5.78 Å². The van der Waals surface area contributed by atoms with Crippen LogP contribution in [0.25, 0.3) is 0 Å². The second kappa shape index (κ2) is 19.5. The van der Waals surface area contributed by atoms with Gasteiger partial charge in [0, 0.05) is 12.3 Å². The molecule has 0 spiro atoms. The molecule has 1 aromatic carbocycles. The maximum Gasteiger partial charge on any atom is 0.335 e. The highest BCUT2D eigenvalue weighted by molar-refractivity contribution is 5.87. The Hall–Kier alpha value is -2.17. The molecule has 1 rings (SSSR count). The Morgan fingerprint density at radius 2 is 1.38 bits per heavy atom. The smallest absolute Gasteiger partial charge is 0.335 e. The fourth-order valence-electron chi connectivity index (χ4n) is 2.39. The summed E-state index contributed by atoms with van der Waals surface area (Å²) in [6, 6.07) is 7.09. The van der Waals surface area contributed by atoms with Gasteiger partial charge in [-0.05, 0) is 49.3 Å². The lowest BCUT2D eigenvalue weighted by Gasteiger charge is -2.08. The molecule has 32 heavy (non-hydrogen) atoms. The number of aromatic carboxylic acids is 1. The molecule has 0 radical (unpaired) electrons. The minimum absolute atomic E-state index is 0.0547. The summed E-state index contributed by atoms with van der Waals surface area (Å²) in [7, 11) is 0. The van der Waals surface area contributed by atoms with Crippen molar-refractivity contribution in [2.24, 2.45) is 11.8 Å². The van der Waals surface area contributed by atoms with Gasteiger partial charge in [-0.15, -0.1) is 0 Å². The number of rotatable bonds is 11. The topological polar surface area (TPSA) is 80.7 Å². The number of benzene rings is 1. The first-order valence-electron chi connectivity index (χ1n) is 12.1. The van der Waals surface area contributed by atoms with E-state index in [-0.39, 0.29) is 17.8 Å². The molecule has 0 aliphatic rings. The number of unbranched alkanes of at least 4 members (excludes halogenated alkanes) is 1. The van der Waals surface area contributed by atoms with Crippen LogP contribution in [-0.4, -0.2) is 29.4 Å². The lowest BCUT2D eigenvalue weighted by Crippen LogP contribution is -2.14. The molecule has 5 nitrogen and oxygen atoms in total. The van der Waals surface area contributed by atoms with E-state index in [9.17, 15) is 14.4 Å². The van der Waals surface area contributed by atoms with Crippen molar-refractivity contribution in [3.63, 3.8) is 0 Å². The Bertz CT molecular complexity index is 636. The van der Waals surface area contributed by atoms with Gasteiger partial charge in [-0.1, -0.05) is 73.9 Å². The summed E-state index contributed by atoms with van der Waals surface area (Å²) in [5.74, 6) is 0.304. The van der Waals surface area contributed by atoms with Crippen molar-refractivity contribution in [1.29, 1.82) is 0 Å². The van der Waals surface area contributed by atoms with E-state index in [2.05, 4.69) is 20.8 Å². The zero-order chi connectivity index (χ0) is 25.1. The number of ketones is 1. The maximum atomic E-state index is 11.0. The zero-order valence-corrected chi connectivity index (χ0v) is 21.6. The van der Waals surface area contributed by atoms with E-state index < -0.39 is 5.97 Å². The number of hydrogen-bond acceptors (Lipinski definition) is 4. The van der Waals surface area contributed by atoms with Crippen molar-refractivity contribution < 1.29 is 24.2 Å². The Balaban J connectivity index is 0. The minimum Gasteiger partial charge on any atom is -0.478 e. The van der Waals surface area contributed by atoms with Gasteiger partial charge in [0.2, 0.25) is 0 Å². The van der Waals surface area contributed by atoms with Crippen molar-refractivity contribution in [2.45, 2.75) is 99.8 Å². The second-order valence-corrected chi connectivity index (χ2v) is 8.20. The molecule has 0 saturated carbocycles. The molecule has 0 heterocycles. The van der Waals surface area contributed by atoms with Crippen LogP contribution < -0.4 is 0 Å². The van der Waals surface area contributed by atoms with Gasteiger partial charge in [0.25, 0.3) is 0 Å². The molecule has 0 aromatic heterocycles. The van der Waals surface area contributed by atoms with Gasteiger partial charge in [-0.25, -0.2) is 4.79 Å². The van der Waals surface area contributed by atoms with Gasteiger partial charge < -0.3 is 9.84 Å². The molecule has 0 amide bonds. The van der Waals surface area contributed by atoms with E-state index in [1.165, 1.54) is 5.56 Å². The highest BCUT2D eigenvalue weighted by atomic mass is 16.5. The van der Waals surface area contributed by atoms with Crippen molar-refractivity contribution in [3.05, 3.63) is 35.4 Å². The Kier molecular flexibility index (Phi) is 19.5. The highest BCUT2D eigenvalue weighted by Gasteiger charge is 2.10. The number of carboxylic acid groups (broad SMARTS) is 1. The van der Waals surface area contributed by atoms with E-state index in [1.54, 1.807) is 12.1 Å². The zero-order valence-electron chi connectivity index (χ0n) is 21.6. The van der Waals surface area contributed by atoms with E-state index in [4.69, 9.17) is 9.84 Å². The van der Waals surface area contributed by atoms with Crippen molar-refractivity contribution in [3.8, 4) is 0 Å². The molecule has 3 atom stereocenters. The third-order valence-electron chi connectivity index (χ3n) is 5.61. The molecule has 1 aromatic rings. The van der Waals surface area contributed by atoms with Crippen molar-refractivity contribution in [2.75, 3.05) is 6.61 Å². The predicted octanol–water partition coefficient (Wildman–Crippen LogP) is 7.29. The molecular formula is C27H46O5. The largest absolute Gasteiger partial charge is 0.478 e. The first-order valence-corrected chi connectivity index (χ1v) is 12.1. The molecule has 0 aliphatic carbocycles. The van der Waals surface area contributed by atoms with Gasteiger partial charge in [0.15, 0.2) is 0 Å². The number of Topliss-reactive ketones (excluding diaryl/α,β-unsaturated/α-hetero) is 1. The normalized spacial score (nSPS) is 12.8.